The smallest absolute Gasteiger partial charge is 0.0315 e. The lowest BCUT2D eigenvalue weighted by Gasteiger charge is -2.42. The summed E-state index contributed by atoms with van der Waals surface area (Å²) in [6.07, 6.45) is 9.25. The molecular weight excluding hydrogens is 232 g/mol. The molecule has 0 amide bonds. The van der Waals surface area contributed by atoms with E-state index in [0.717, 1.165) is 5.92 Å². The quantitative estimate of drug-likeness (QED) is 0.874. The van der Waals surface area contributed by atoms with Gasteiger partial charge in [-0.25, -0.2) is 0 Å². The number of nitrogens with zero attached hydrogens (tertiary/aromatic N) is 1. The molecule has 1 saturated carbocycles. The van der Waals surface area contributed by atoms with E-state index in [1.807, 2.05) is 18.5 Å². The molecule has 0 aliphatic heterocycles. The molecule has 2 nitrogen and oxygen atoms in total. The zero-order chi connectivity index (χ0) is 13.9. The van der Waals surface area contributed by atoms with Gasteiger partial charge >= 0.3 is 0 Å². The second kappa shape index (κ2) is 6.04. The van der Waals surface area contributed by atoms with Crippen LogP contribution in [0.15, 0.2) is 24.5 Å². The van der Waals surface area contributed by atoms with E-state index in [2.05, 4.69) is 44.1 Å². The van der Waals surface area contributed by atoms with Crippen molar-refractivity contribution in [1.82, 2.24) is 10.3 Å². The summed E-state index contributed by atoms with van der Waals surface area (Å²) in [5.74, 6) is 0.778. The predicted molar refractivity (Wildman–Crippen MR) is 81.0 cm³/mol. The molecule has 2 heteroatoms. The van der Waals surface area contributed by atoms with Gasteiger partial charge in [-0.1, -0.05) is 39.7 Å². The highest BCUT2D eigenvalue weighted by molar-refractivity contribution is 5.13. The van der Waals surface area contributed by atoms with Gasteiger partial charge in [-0.3, -0.25) is 4.98 Å². The zero-order valence-electron chi connectivity index (χ0n) is 12.8. The maximum Gasteiger partial charge on any atom is 0.0315 e. The molecule has 106 valence electrons. The van der Waals surface area contributed by atoms with Gasteiger partial charge in [0.05, 0.1) is 0 Å². The summed E-state index contributed by atoms with van der Waals surface area (Å²) >= 11 is 0. The Bertz CT molecular complexity index is 380. The predicted octanol–water partition coefficient (Wildman–Crippen LogP) is 4.34. The van der Waals surface area contributed by atoms with Crippen molar-refractivity contribution in [3.63, 3.8) is 0 Å². The van der Waals surface area contributed by atoms with Crippen LogP contribution in [-0.2, 0) is 0 Å². The number of nitrogens with one attached hydrogen (secondary N) is 1. The van der Waals surface area contributed by atoms with Gasteiger partial charge in [0.1, 0.15) is 0 Å². The van der Waals surface area contributed by atoms with Crippen molar-refractivity contribution in [3.8, 4) is 0 Å². The van der Waals surface area contributed by atoms with Crippen LogP contribution in [0.5, 0.6) is 0 Å². The van der Waals surface area contributed by atoms with Crippen molar-refractivity contribution in [2.75, 3.05) is 0 Å². The number of hydrogen-bond donors (Lipinski definition) is 1. The third-order valence-corrected chi connectivity index (χ3v) is 4.53. The Morgan fingerprint density at radius 1 is 1.26 bits per heavy atom. The molecule has 0 saturated heterocycles. The summed E-state index contributed by atoms with van der Waals surface area (Å²) in [5.41, 5.74) is 1.69. The summed E-state index contributed by atoms with van der Waals surface area (Å²) in [4.78, 5) is 4.23. The fourth-order valence-corrected chi connectivity index (χ4v) is 3.42. The molecule has 19 heavy (non-hydrogen) atoms. The molecule has 1 aliphatic rings. The van der Waals surface area contributed by atoms with Gasteiger partial charge in [0, 0.05) is 24.5 Å². The van der Waals surface area contributed by atoms with Gasteiger partial charge in [-0.2, -0.15) is 0 Å². The average molecular weight is 260 g/mol. The Hall–Kier alpha value is -0.890. The van der Waals surface area contributed by atoms with Gasteiger partial charge in [0.2, 0.25) is 0 Å². The van der Waals surface area contributed by atoms with Gasteiger partial charge in [-0.15, -0.1) is 0 Å². The van der Waals surface area contributed by atoms with E-state index in [1.165, 1.54) is 31.2 Å². The molecule has 1 aromatic heterocycles. The molecule has 2 unspecified atom stereocenters. The van der Waals surface area contributed by atoms with Crippen LogP contribution in [0.25, 0.3) is 0 Å². The lowest BCUT2D eigenvalue weighted by Crippen LogP contribution is -2.45. The molecule has 0 radical (unpaired) electrons. The highest BCUT2D eigenvalue weighted by atomic mass is 15.0. The van der Waals surface area contributed by atoms with Crippen LogP contribution in [0.4, 0.5) is 0 Å². The second-order valence-electron chi connectivity index (χ2n) is 7.04. The van der Waals surface area contributed by atoms with Crippen molar-refractivity contribution in [2.45, 2.75) is 65.5 Å². The van der Waals surface area contributed by atoms with Crippen LogP contribution in [0.3, 0.4) is 0 Å². The van der Waals surface area contributed by atoms with Gasteiger partial charge in [0.15, 0.2) is 0 Å². The third-order valence-electron chi connectivity index (χ3n) is 4.53. The van der Waals surface area contributed by atoms with Crippen molar-refractivity contribution in [1.29, 1.82) is 0 Å². The zero-order valence-corrected chi connectivity index (χ0v) is 12.8. The molecule has 0 spiro atoms. The summed E-state index contributed by atoms with van der Waals surface area (Å²) in [7, 11) is 0. The van der Waals surface area contributed by atoms with Crippen molar-refractivity contribution in [3.05, 3.63) is 30.1 Å². The maximum absolute atomic E-state index is 4.23. The molecular formula is C17H28N2. The monoisotopic (exact) mass is 260 g/mol. The van der Waals surface area contributed by atoms with E-state index in [9.17, 15) is 0 Å². The minimum Gasteiger partial charge on any atom is -0.307 e. The molecule has 1 heterocycles. The normalized spacial score (nSPS) is 26.1. The first-order chi connectivity index (χ1) is 8.98. The van der Waals surface area contributed by atoms with E-state index in [4.69, 9.17) is 0 Å². The topological polar surface area (TPSA) is 24.9 Å². The Morgan fingerprint density at radius 2 is 2.00 bits per heavy atom. The summed E-state index contributed by atoms with van der Waals surface area (Å²) in [6.45, 7) is 9.40. The van der Waals surface area contributed by atoms with Crippen LogP contribution in [0, 0.1) is 11.3 Å². The standard InChI is InChI=1S/C17H28N2/c1-13(14-8-7-11-18-12-14)19-16-10-6-5-9-15(16)17(2,3)4/h7-8,11-13,15-16,19H,5-6,9-10H2,1-4H3/t13-,15?,16?/m0/s1. The summed E-state index contributed by atoms with van der Waals surface area (Å²) in [6, 6.07) is 5.22. The SMILES string of the molecule is C[C@H](NC1CCCCC1C(C)(C)C)c1cccnc1. The molecule has 1 aromatic rings. The Balaban J connectivity index is 2.04. The number of aromatic nitrogens is 1. The van der Waals surface area contributed by atoms with Crippen molar-refractivity contribution >= 4 is 0 Å². The van der Waals surface area contributed by atoms with E-state index >= 15 is 0 Å². The first-order valence-corrected chi connectivity index (χ1v) is 7.64. The van der Waals surface area contributed by atoms with Crippen LogP contribution in [0.1, 0.15) is 65.0 Å². The van der Waals surface area contributed by atoms with Crippen molar-refractivity contribution < 1.29 is 0 Å². The largest absolute Gasteiger partial charge is 0.307 e. The Labute approximate surface area is 118 Å². The first kappa shape index (κ1) is 14.5. The van der Waals surface area contributed by atoms with E-state index in [1.54, 1.807) is 0 Å². The minimum atomic E-state index is 0.390. The van der Waals surface area contributed by atoms with Gasteiger partial charge < -0.3 is 5.32 Å². The fourth-order valence-electron chi connectivity index (χ4n) is 3.42. The van der Waals surface area contributed by atoms with Crippen LogP contribution in [-0.4, -0.2) is 11.0 Å². The molecule has 1 N–H and O–H groups in total. The average Bonchev–Trinajstić information content (AvgIpc) is 2.39. The van der Waals surface area contributed by atoms with Crippen LogP contribution >= 0.6 is 0 Å². The molecule has 0 bridgehead atoms. The third kappa shape index (κ3) is 3.79. The van der Waals surface area contributed by atoms with Crippen molar-refractivity contribution in [2.24, 2.45) is 11.3 Å². The molecule has 2 rings (SSSR count). The summed E-state index contributed by atoms with van der Waals surface area (Å²) < 4.78 is 0. The van der Waals surface area contributed by atoms with E-state index < -0.39 is 0 Å². The Kier molecular flexibility index (Phi) is 4.62. The second-order valence-corrected chi connectivity index (χ2v) is 7.04. The van der Waals surface area contributed by atoms with Gasteiger partial charge in [0.25, 0.3) is 0 Å². The van der Waals surface area contributed by atoms with Crippen LogP contribution in [0.2, 0.25) is 0 Å². The Morgan fingerprint density at radius 3 is 2.63 bits per heavy atom. The molecule has 1 fully saturated rings. The molecule has 3 atom stereocenters. The highest BCUT2D eigenvalue weighted by Gasteiger charge is 2.34. The number of pyridine rings is 1. The minimum absolute atomic E-state index is 0.390. The maximum atomic E-state index is 4.23. The lowest BCUT2D eigenvalue weighted by molar-refractivity contribution is 0.124. The van der Waals surface area contributed by atoms with E-state index in [0.29, 0.717) is 17.5 Å². The molecule has 0 aromatic carbocycles. The van der Waals surface area contributed by atoms with Gasteiger partial charge in [-0.05, 0) is 42.7 Å². The molecule has 1 aliphatic carbocycles. The lowest BCUT2D eigenvalue weighted by atomic mass is 9.69. The first-order valence-electron chi connectivity index (χ1n) is 7.64. The number of hydrogen-bond acceptors (Lipinski definition) is 2. The highest BCUT2D eigenvalue weighted by Crippen LogP contribution is 2.38. The fraction of sp³-hybridized carbons (Fsp3) is 0.706. The van der Waals surface area contributed by atoms with E-state index in [-0.39, 0.29) is 0 Å². The summed E-state index contributed by atoms with van der Waals surface area (Å²) in [5, 5.41) is 3.85. The number of rotatable bonds is 3. The van der Waals surface area contributed by atoms with Crippen LogP contribution < -0.4 is 5.32 Å².